The van der Waals surface area contributed by atoms with Crippen molar-refractivity contribution in [3.05, 3.63) is 59.2 Å². The number of pyridine rings is 1. The van der Waals surface area contributed by atoms with Crippen LogP contribution < -0.4 is 5.73 Å². The van der Waals surface area contributed by atoms with Gasteiger partial charge in [-0.2, -0.15) is 0 Å². The lowest BCUT2D eigenvalue weighted by Crippen LogP contribution is -2.04. The normalized spacial score (nSPS) is 10.9. The van der Waals surface area contributed by atoms with E-state index in [0.717, 1.165) is 5.56 Å². The number of hydrogen-bond donors (Lipinski definition) is 2. The summed E-state index contributed by atoms with van der Waals surface area (Å²) in [4.78, 5) is 19.6. The summed E-state index contributed by atoms with van der Waals surface area (Å²) < 4.78 is 13.8. The summed E-state index contributed by atoms with van der Waals surface area (Å²) in [6.45, 7) is 1.88. The van der Waals surface area contributed by atoms with Crippen LogP contribution in [0.3, 0.4) is 0 Å². The maximum atomic E-state index is 13.8. The van der Waals surface area contributed by atoms with Crippen LogP contribution in [0.15, 0.2) is 36.7 Å². The summed E-state index contributed by atoms with van der Waals surface area (Å²) >= 11 is 0. The average Bonchev–Trinajstić information content (AvgIpc) is 2.83. The molecular formula is C15H12FN3O. The first-order valence-electron chi connectivity index (χ1n) is 6.09. The summed E-state index contributed by atoms with van der Waals surface area (Å²) in [7, 11) is 0. The topological polar surface area (TPSA) is 71.8 Å². The molecule has 0 atom stereocenters. The van der Waals surface area contributed by atoms with Gasteiger partial charge in [-0.3, -0.25) is 4.79 Å². The highest BCUT2D eigenvalue weighted by molar-refractivity contribution is 6.16. The Morgan fingerprint density at radius 2 is 2.10 bits per heavy atom. The number of nitrogen functional groups attached to an aromatic ring is 1. The second-order valence-corrected chi connectivity index (χ2v) is 4.68. The zero-order valence-electron chi connectivity index (χ0n) is 10.8. The van der Waals surface area contributed by atoms with Gasteiger partial charge < -0.3 is 10.7 Å². The number of nitrogens with one attached hydrogen (secondary N) is 1. The molecule has 0 saturated carbocycles. The van der Waals surface area contributed by atoms with Crippen LogP contribution in [0, 0.1) is 12.7 Å². The molecule has 2 heterocycles. The highest BCUT2D eigenvalue weighted by Crippen LogP contribution is 2.23. The maximum absolute atomic E-state index is 13.8. The Balaban J connectivity index is 2.17. The Bertz CT molecular complexity index is 823. The minimum absolute atomic E-state index is 0.0348. The Morgan fingerprint density at radius 1 is 1.30 bits per heavy atom. The van der Waals surface area contributed by atoms with E-state index < -0.39 is 11.6 Å². The largest absolute Gasteiger partial charge is 0.399 e. The quantitative estimate of drug-likeness (QED) is 0.555. The number of anilines is 1. The van der Waals surface area contributed by atoms with Crippen LogP contribution >= 0.6 is 0 Å². The van der Waals surface area contributed by atoms with Gasteiger partial charge in [-0.1, -0.05) is 0 Å². The van der Waals surface area contributed by atoms with Crippen LogP contribution in [0.2, 0.25) is 0 Å². The number of halogens is 1. The van der Waals surface area contributed by atoms with Crippen LogP contribution in [-0.2, 0) is 0 Å². The number of benzene rings is 1. The molecule has 0 aliphatic carbocycles. The molecule has 0 radical (unpaired) electrons. The number of fused-ring (bicyclic) bond motifs is 1. The third kappa shape index (κ3) is 1.93. The van der Waals surface area contributed by atoms with E-state index in [-0.39, 0.29) is 5.56 Å². The molecule has 3 aromatic rings. The molecule has 0 fully saturated rings. The molecule has 100 valence electrons. The number of carbonyl (C=O) groups excluding carboxylic acids is 1. The van der Waals surface area contributed by atoms with E-state index in [1.54, 1.807) is 12.4 Å². The summed E-state index contributed by atoms with van der Waals surface area (Å²) in [6.07, 6.45) is 3.25. The number of nitrogens with two attached hydrogens (primary N) is 1. The highest BCUT2D eigenvalue weighted by Gasteiger charge is 2.18. The summed E-state index contributed by atoms with van der Waals surface area (Å²) in [5, 5.41) is 0.678. The fourth-order valence-electron chi connectivity index (χ4n) is 2.16. The molecule has 0 aliphatic rings. The molecule has 0 amide bonds. The number of aromatic amines is 1. The van der Waals surface area contributed by atoms with E-state index in [1.807, 2.05) is 13.0 Å². The standard InChI is InChI=1S/C15H12FN3O/c1-8-4-10-12(7-19-15(10)18-6-8)14(20)11-5-9(17)2-3-13(11)16/h2-7H,17H2,1H3,(H,18,19). The molecule has 0 aliphatic heterocycles. The first-order chi connectivity index (χ1) is 9.56. The Hall–Kier alpha value is -2.69. The number of ketones is 1. The van der Waals surface area contributed by atoms with Crippen LogP contribution in [-0.4, -0.2) is 15.8 Å². The van der Waals surface area contributed by atoms with Gasteiger partial charge >= 0.3 is 0 Å². The van der Waals surface area contributed by atoms with Gasteiger partial charge in [0.1, 0.15) is 11.5 Å². The lowest BCUT2D eigenvalue weighted by Gasteiger charge is -2.03. The third-order valence-electron chi connectivity index (χ3n) is 3.15. The second-order valence-electron chi connectivity index (χ2n) is 4.68. The summed E-state index contributed by atoms with van der Waals surface area (Å²) in [6, 6.07) is 5.81. The predicted octanol–water partition coefficient (Wildman–Crippen LogP) is 2.82. The zero-order chi connectivity index (χ0) is 14.3. The van der Waals surface area contributed by atoms with Crippen molar-refractivity contribution in [2.75, 3.05) is 5.73 Å². The minimum Gasteiger partial charge on any atom is -0.399 e. The van der Waals surface area contributed by atoms with Crippen molar-refractivity contribution in [1.29, 1.82) is 0 Å². The minimum atomic E-state index is -0.584. The van der Waals surface area contributed by atoms with Crippen LogP contribution in [0.5, 0.6) is 0 Å². The molecule has 0 saturated heterocycles. The molecule has 0 bridgehead atoms. The molecule has 5 heteroatoms. The van der Waals surface area contributed by atoms with Gasteiger partial charge in [0.25, 0.3) is 0 Å². The Morgan fingerprint density at radius 3 is 2.90 bits per heavy atom. The molecule has 1 aromatic carbocycles. The third-order valence-corrected chi connectivity index (χ3v) is 3.15. The summed E-state index contributed by atoms with van der Waals surface area (Å²) in [5.41, 5.74) is 7.85. The van der Waals surface area contributed by atoms with Crippen molar-refractivity contribution < 1.29 is 9.18 Å². The number of hydrogen-bond acceptors (Lipinski definition) is 3. The fourth-order valence-corrected chi connectivity index (χ4v) is 2.16. The smallest absolute Gasteiger partial charge is 0.198 e. The van der Waals surface area contributed by atoms with E-state index in [0.29, 0.717) is 22.3 Å². The molecule has 3 N–H and O–H groups in total. The number of carbonyl (C=O) groups is 1. The lowest BCUT2D eigenvalue weighted by atomic mass is 10.0. The van der Waals surface area contributed by atoms with Gasteiger partial charge in [-0.25, -0.2) is 9.37 Å². The molecule has 20 heavy (non-hydrogen) atoms. The van der Waals surface area contributed by atoms with Crippen LogP contribution in [0.1, 0.15) is 21.5 Å². The first kappa shape index (κ1) is 12.3. The Labute approximate surface area is 114 Å². The highest BCUT2D eigenvalue weighted by atomic mass is 19.1. The number of aromatic nitrogens is 2. The lowest BCUT2D eigenvalue weighted by molar-refractivity contribution is 0.103. The van der Waals surface area contributed by atoms with E-state index in [1.165, 1.54) is 18.2 Å². The molecule has 3 rings (SSSR count). The van der Waals surface area contributed by atoms with E-state index in [4.69, 9.17) is 5.73 Å². The monoisotopic (exact) mass is 269 g/mol. The predicted molar refractivity (Wildman–Crippen MR) is 75.1 cm³/mol. The SMILES string of the molecule is Cc1cnc2[nH]cc(C(=O)c3cc(N)ccc3F)c2c1. The average molecular weight is 269 g/mol. The van der Waals surface area contributed by atoms with Gasteiger partial charge in [-0.15, -0.1) is 0 Å². The first-order valence-corrected chi connectivity index (χ1v) is 6.09. The van der Waals surface area contributed by atoms with E-state index >= 15 is 0 Å². The number of rotatable bonds is 2. The van der Waals surface area contributed by atoms with Crippen molar-refractivity contribution >= 4 is 22.5 Å². The van der Waals surface area contributed by atoms with Gasteiger partial charge in [0.2, 0.25) is 0 Å². The van der Waals surface area contributed by atoms with Gasteiger partial charge in [0, 0.05) is 29.0 Å². The zero-order valence-corrected chi connectivity index (χ0v) is 10.8. The molecular weight excluding hydrogens is 257 g/mol. The molecule has 2 aromatic heterocycles. The van der Waals surface area contributed by atoms with E-state index in [2.05, 4.69) is 9.97 Å². The van der Waals surface area contributed by atoms with Crippen molar-refractivity contribution in [2.45, 2.75) is 6.92 Å². The van der Waals surface area contributed by atoms with Gasteiger partial charge in [0.15, 0.2) is 5.78 Å². The molecule has 0 unspecified atom stereocenters. The fraction of sp³-hybridized carbons (Fsp3) is 0.0667. The van der Waals surface area contributed by atoms with Crippen molar-refractivity contribution in [1.82, 2.24) is 9.97 Å². The number of H-pyrrole nitrogens is 1. The van der Waals surface area contributed by atoms with Crippen molar-refractivity contribution in [2.24, 2.45) is 0 Å². The van der Waals surface area contributed by atoms with E-state index in [9.17, 15) is 9.18 Å². The molecule has 0 spiro atoms. The summed E-state index contributed by atoms with van der Waals surface area (Å²) in [5.74, 6) is -0.993. The van der Waals surface area contributed by atoms with Crippen molar-refractivity contribution in [3.63, 3.8) is 0 Å². The Kier molecular flexibility index (Phi) is 2.75. The van der Waals surface area contributed by atoms with Crippen molar-refractivity contribution in [3.8, 4) is 0 Å². The van der Waals surface area contributed by atoms with Crippen LogP contribution in [0.4, 0.5) is 10.1 Å². The molecule has 4 nitrogen and oxygen atoms in total. The number of nitrogens with zero attached hydrogens (tertiary/aromatic N) is 1. The second kappa shape index (κ2) is 4.45. The van der Waals surface area contributed by atoms with Crippen LogP contribution in [0.25, 0.3) is 11.0 Å². The van der Waals surface area contributed by atoms with Gasteiger partial charge in [0.05, 0.1) is 5.56 Å². The number of aryl methyl sites for hydroxylation is 1. The van der Waals surface area contributed by atoms with Gasteiger partial charge in [-0.05, 0) is 36.8 Å². The maximum Gasteiger partial charge on any atom is 0.198 e.